The van der Waals surface area contributed by atoms with Gasteiger partial charge < -0.3 is 24.3 Å². The molecular formula is C22H19NO5. The van der Waals surface area contributed by atoms with Crippen molar-refractivity contribution < 1.29 is 23.7 Å². The van der Waals surface area contributed by atoms with E-state index in [1.165, 1.54) is 0 Å². The molecule has 6 heteroatoms. The number of anilines is 1. The van der Waals surface area contributed by atoms with Gasteiger partial charge >= 0.3 is 0 Å². The normalized spacial score (nSPS) is 11.7. The standard InChI is InChI=1S/C22H19NO5/c24-22(23-16-10-11-20-21(14-16)28-15-27-20)18-8-4-5-9-19(18)26-13-12-25-17-6-2-1-3-7-17/h1-11,14H,12-13,15H2,(H,23,24). The highest BCUT2D eigenvalue weighted by Gasteiger charge is 2.16. The van der Waals surface area contributed by atoms with Crippen LogP contribution >= 0.6 is 0 Å². The first-order valence-electron chi connectivity index (χ1n) is 8.90. The first kappa shape index (κ1) is 17.7. The zero-order chi connectivity index (χ0) is 19.2. The van der Waals surface area contributed by atoms with Crippen LogP contribution in [0.15, 0.2) is 72.8 Å². The van der Waals surface area contributed by atoms with Crippen LogP contribution < -0.4 is 24.3 Å². The first-order valence-corrected chi connectivity index (χ1v) is 8.90. The molecule has 1 amide bonds. The van der Waals surface area contributed by atoms with Gasteiger partial charge in [0.05, 0.1) is 5.56 Å². The van der Waals surface area contributed by atoms with Gasteiger partial charge in [-0.05, 0) is 36.4 Å². The van der Waals surface area contributed by atoms with Gasteiger partial charge in [0.25, 0.3) is 5.91 Å². The van der Waals surface area contributed by atoms with Gasteiger partial charge in [0.1, 0.15) is 24.7 Å². The van der Waals surface area contributed by atoms with E-state index in [9.17, 15) is 4.79 Å². The molecule has 0 spiro atoms. The third kappa shape index (κ3) is 4.17. The van der Waals surface area contributed by atoms with Crippen molar-refractivity contribution in [2.24, 2.45) is 0 Å². The Morgan fingerprint density at radius 2 is 1.61 bits per heavy atom. The minimum atomic E-state index is -0.265. The number of hydrogen-bond donors (Lipinski definition) is 1. The second-order valence-corrected chi connectivity index (χ2v) is 6.03. The van der Waals surface area contributed by atoms with E-state index in [2.05, 4.69) is 5.32 Å². The summed E-state index contributed by atoms with van der Waals surface area (Å²) >= 11 is 0. The lowest BCUT2D eigenvalue weighted by atomic mass is 10.2. The Kier molecular flexibility index (Phi) is 5.29. The fourth-order valence-corrected chi connectivity index (χ4v) is 2.78. The molecule has 4 rings (SSSR count). The van der Waals surface area contributed by atoms with Crippen molar-refractivity contribution in [3.8, 4) is 23.0 Å². The van der Waals surface area contributed by atoms with Crippen LogP contribution in [0.4, 0.5) is 5.69 Å². The summed E-state index contributed by atoms with van der Waals surface area (Å²) in [5, 5.41) is 2.86. The molecule has 0 fully saturated rings. The van der Waals surface area contributed by atoms with Crippen molar-refractivity contribution in [1.29, 1.82) is 0 Å². The zero-order valence-corrected chi connectivity index (χ0v) is 15.1. The van der Waals surface area contributed by atoms with Crippen LogP contribution in [0, 0.1) is 0 Å². The Balaban J connectivity index is 1.37. The summed E-state index contributed by atoms with van der Waals surface area (Å²) in [6.07, 6.45) is 0. The van der Waals surface area contributed by atoms with E-state index in [4.69, 9.17) is 18.9 Å². The van der Waals surface area contributed by atoms with Crippen molar-refractivity contribution in [3.63, 3.8) is 0 Å². The molecule has 1 heterocycles. The number of fused-ring (bicyclic) bond motifs is 1. The van der Waals surface area contributed by atoms with Gasteiger partial charge in [-0.3, -0.25) is 4.79 Å². The third-order valence-electron chi connectivity index (χ3n) is 4.11. The summed E-state index contributed by atoms with van der Waals surface area (Å²) in [4.78, 5) is 12.7. The molecule has 6 nitrogen and oxygen atoms in total. The summed E-state index contributed by atoms with van der Waals surface area (Å²) in [5.41, 5.74) is 1.07. The Morgan fingerprint density at radius 3 is 2.50 bits per heavy atom. The molecule has 0 aliphatic carbocycles. The number of rotatable bonds is 7. The zero-order valence-electron chi connectivity index (χ0n) is 15.1. The highest BCUT2D eigenvalue weighted by molar-refractivity contribution is 6.06. The average Bonchev–Trinajstić information content (AvgIpc) is 3.20. The highest BCUT2D eigenvalue weighted by atomic mass is 16.7. The fourth-order valence-electron chi connectivity index (χ4n) is 2.78. The minimum absolute atomic E-state index is 0.189. The summed E-state index contributed by atoms with van der Waals surface area (Å²) in [7, 11) is 0. The van der Waals surface area contributed by atoms with Crippen molar-refractivity contribution in [3.05, 3.63) is 78.4 Å². The van der Waals surface area contributed by atoms with Gasteiger partial charge in [-0.1, -0.05) is 30.3 Å². The molecule has 0 radical (unpaired) electrons. The molecule has 3 aromatic carbocycles. The lowest BCUT2D eigenvalue weighted by Crippen LogP contribution is -2.15. The van der Waals surface area contributed by atoms with Crippen LogP contribution in [0.1, 0.15) is 10.4 Å². The predicted molar refractivity (Wildman–Crippen MR) is 104 cm³/mol. The molecule has 0 unspecified atom stereocenters. The van der Waals surface area contributed by atoms with E-state index in [1.54, 1.807) is 36.4 Å². The maximum atomic E-state index is 12.7. The quantitative estimate of drug-likeness (QED) is 0.627. The first-order chi connectivity index (χ1) is 13.8. The Bertz CT molecular complexity index is 958. The molecule has 1 aliphatic heterocycles. The molecule has 0 bridgehead atoms. The number of nitrogens with one attached hydrogen (secondary N) is 1. The smallest absolute Gasteiger partial charge is 0.259 e. The van der Waals surface area contributed by atoms with Gasteiger partial charge in [-0.2, -0.15) is 0 Å². The van der Waals surface area contributed by atoms with Crippen LogP contribution in [-0.4, -0.2) is 25.9 Å². The van der Waals surface area contributed by atoms with E-state index in [0.29, 0.717) is 41.7 Å². The minimum Gasteiger partial charge on any atom is -0.490 e. The van der Waals surface area contributed by atoms with E-state index >= 15 is 0 Å². The molecular weight excluding hydrogens is 358 g/mol. The largest absolute Gasteiger partial charge is 0.490 e. The average molecular weight is 377 g/mol. The summed E-state index contributed by atoms with van der Waals surface area (Å²) in [6.45, 7) is 0.889. The maximum absolute atomic E-state index is 12.7. The molecule has 142 valence electrons. The number of ether oxygens (including phenoxy) is 4. The number of amides is 1. The number of carbonyl (C=O) groups is 1. The lowest BCUT2D eigenvalue weighted by Gasteiger charge is -2.12. The van der Waals surface area contributed by atoms with Crippen molar-refractivity contribution in [1.82, 2.24) is 0 Å². The van der Waals surface area contributed by atoms with Crippen LogP contribution in [0.2, 0.25) is 0 Å². The van der Waals surface area contributed by atoms with E-state index < -0.39 is 0 Å². The second kappa shape index (κ2) is 8.35. The molecule has 0 aromatic heterocycles. The van der Waals surface area contributed by atoms with Crippen LogP contribution in [0.5, 0.6) is 23.0 Å². The van der Waals surface area contributed by atoms with E-state index in [0.717, 1.165) is 5.75 Å². The molecule has 3 aromatic rings. The number of benzene rings is 3. The van der Waals surface area contributed by atoms with Crippen LogP contribution in [-0.2, 0) is 0 Å². The number of hydrogen-bond acceptors (Lipinski definition) is 5. The van der Waals surface area contributed by atoms with E-state index in [1.807, 2.05) is 36.4 Å². The second-order valence-electron chi connectivity index (χ2n) is 6.03. The predicted octanol–water partition coefficient (Wildman–Crippen LogP) is 4.13. The maximum Gasteiger partial charge on any atom is 0.259 e. The monoisotopic (exact) mass is 377 g/mol. The number of para-hydroxylation sites is 2. The molecule has 0 atom stereocenters. The van der Waals surface area contributed by atoms with Gasteiger partial charge in [-0.15, -0.1) is 0 Å². The SMILES string of the molecule is O=C(Nc1ccc2c(c1)OCO2)c1ccccc1OCCOc1ccccc1. The lowest BCUT2D eigenvalue weighted by molar-refractivity contribution is 0.102. The Morgan fingerprint density at radius 1 is 0.857 bits per heavy atom. The van der Waals surface area contributed by atoms with E-state index in [-0.39, 0.29) is 12.7 Å². The summed E-state index contributed by atoms with van der Waals surface area (Å²) in [6, 6.07) is 21.9. The Labute approximate surface area is 162 Å². The fraction of sp³-hybridized carbons (Fsp3) is 0.136. The van der Waals surface area contributed by atoms with Crippen molar-refractivity contribution in [2.45, 2.75) is 0 Å². The van der Waals surface area contributed by atoms with Crippen LogP contribution in [0.25, 0.3) is 0 Å². The molecule has 28 heavy (non-hydrogen) atoms. The highest BCUT2D eigenvalue weighted by Crippen LogP contribution is 2.34. The number of carbonyl (C=O) groups excluding carboxylic acids is 1. The molecule has 1 aliphatic rings. The van der Waals surface area contributed by atoms with Gasteiger partial charge in [0, 0.05) is 11.8 Å². The molecule has 1 N–H and O–H groups in total. The Hall–Kier alpha value is -3.67. The molecule has 0 saturated carbocycles. The topological polar surface area (TPSA) is 66.0 Å². The van der Waals surface area contributed by atoms with Gasteiger partial charge in [0.2, 0.25) is 6.79 Å². The summed E-state index contributed by atoms with van der Waals surface area (Å²) in [5.74, 6) is 2.29. The summed E-state index contributed by atoms with van der Waals surface area (Å²) < 4.78 is 22.0. The third-order valence-corrected chi connectivity index (χ3v) is 4.11. The van der Waals surface area contributed by atoms with Crippen molar-refractivity contribution in [2.75, 3.05) is 25.3 Å². The van der Waals surface area contributed by atoms with Gasteiger partial charge in [-0.25, -0.2) is 0 Å². The van der Waals surface area contributed by atoms with Crippen molar-refractivity contribution >= 4 is 11.6 Å². The van der Waals surface area contributed by atoms with Crippen LogP contribution in [0.3, 0.4) is 0 Å². The van der Waals surface area contributed by atoms with Gasteiger partial charge in [0.15, 0.2) is 11.5 Å². The molecule has 0 saturated heterocycles.